The van der Waals surface area contributed by atoms with Crippen molar-refractivity contribution in [3.05, 3.63) is 76.3 Å². The summed E-state index contributed by atoms with van der Waals surface area (Å²) in [6.07, 6.45) is 5.60. The second kappa shape index (κ2) is 11.0. The molecule has 2 aliphatic rings. The fourth-order valence-electron chi connectivity index (χ4n) is 4.65. The highest BCUT2D eigenvalue weighted by atomic mass is 79.9. The predicted molar refractivity (Wildman–Crippen MR) is 134 cm³/mol. The van der Waals surface area contributed by atoms with Gasteiger partial charge in [-0.3, -0.25) is 19.3 Å². The molecule has 1 heterocycles. The Balaban J connectivity index is 1.48. The van der Waals surface area contributed by atoms with Crippen molar-refractivity contribution in [1.82, 2.24) is 4.90 Å². The van der Waals surface area contributed by atoms with E-state index in [1.807, 2.05) is 61.5 Å². The monoisotopic (exact) mass is 538 g/mol. The molecule has 7 nitrogen and oxygen atoms in total. The maximum atomic E-state index is 13.2. The number of rotatable bonds is 8. The molecule has 1 aliphatic heterocycles. The van der Waals surface area contributed by atoms with Crippen molar-refractivity contribution < 1.29 is 23.9 Å². The lowest BCUT2D eigenvalue weighted by Crippen LogP contribution is -2.48. The Hall–Kier alpha value is -3.26. The number of fused-ring (bicyclic) bond motifs is 1. The first-order chi connectivity index (χ1) is 16.9. The van der Waals surface area contributed by atoms with Crippen molar-refractivity contribution in [1.29, 1.82) is 0 Å². The minimum atomic E-state index is -1.13. The number of aryl methyl sites for hydroxylation is 1. The molecular formula is C27H27BrN2O5. The number of esters is 1. The van der Waals surface area contributed by atoms with Gasteiger partial charge in [-0.1, -0.05) is 65.3 Å². The maximum absolute atomic E-state index is 13.2. The number of likely N-dealkylation sites (tertiary alicyclic amines) is 1. The molecule has 0 bridgehead atoms. The third kappa shape index (κ3) is 5.53. The number of benzene rings is 2. The topological polar surface area (TPSA) is 92.8 Å². The fraction of sp³-hybridized carbons (Fsp3) is 0.333. The molecule has 2 aromatic carbocycles. The van der Waals surface area contributed by atoms with Crippen molar-refractivity contribution in [2.24, 2.45) is 11.8 Å². The lowest BCUT2D eigenvalue weighted by Gasteiger charge is -2.25. The van der Waals surface area contributed by atoms with Crippen LogP contribution in [0.15, 0.2) is 65.2 Å². The third-order valence-electron chi connectivity index (χ3n) is 6.47. The summed E-state index contributed by atoms with van der Waals surface area (Å²) in [7, 11) is 0. The van der Waals surface area contributed by atoms with Gasteiger partial charge in [0.2, 0.25) is 11.8 Å². The summed E-state index contributed by atoms with van der Waals surface area (Å²) in [6, 6.07) is 13.5. The Labute approximate surface area is 212 Å². The molecule has 1 N–H and O–H groups in total. The Morgan fingerprint density at radius 1 is 1.06 bits per heavy atom. The molecule has 0 aromatic heterocycles. The minimum absolute atomic E-state index is 0.123. The number of ether oxygens (including phenoxy) is 1. The van der Waals surface area contributed by atoms with Crippen LogP contribution >= 0.6 is 15.9 Å². The Bertz CT molecular complexity index is 1140. The van der Waals surface area contributed by atoms with Crippen LogP contribution in [0.5, 0.6) is 0 Å². The molecule has 4 rings (SSSR count). The molecule has 0 saturated carbocycles. The quantitative estimate of drug-likeness (QED) is 0.311. The van der Waals surface area contributed by atoms with Gasteiger partial charge in [-0.2, -0.15) is 0 Å². The van der Waals surface area contributed by atoms with E-state index in [4.69, 9.17) is 4.74 Å². The molecule has 1 fully saturated rings. The van der Waals surface area contributed by atoms with Crippen LogP contribution in [0.25, 0.3) is 0 Å². The van der Waals surface area contributed by atoms with Gasteiger partial charge in [0.1, 0.15) is 6.04 Å². The highest BCUT2D eigenvalue weighted by Gasteiger charge is 2.51. The van der Waals surface area contributed by atoms with Crippen molar-refractivity contribution >= 4 is 45.3 Å². The lowest BCUT2D eigenvalue weighted by molar-refractivity contribution is -0.159. The van der Waals surface area contributed by atoms with Crippen LogP contribution in [0.4, 0.5) is 5.69 Å². The normalized spacial score (nSPS) is 19.9. The predicted octanol–water partition coefficient (Wildman–Crippen LogP) is 4.06. The molecule has 0 spiro atoms. The van der Waals surface area contributed by atoms with E-state index in [2.05, 4.69) is 21.2 Å². The average molecular weight is 539 g/mol. The molecule has 35 heavy (non-hydrogen) atoms. The zero-order chi connectivity index (χ0) is 24.9. The van der Waals surface area contributed by atoms with Crippen LogP contribution in [-0.4, -0.2) is 41.2 Å². The highest BCUT2D eigenvalue weighted by molar-refractivity contribution is 9.10. The van der Waals surface area contributed by atoms with Gasteiger partial charge >= 0.3 is 5.97 Å². The minimum Gasteiger partial charge on any atom is -0.454 e. The SMILES string of the molecule is CCc1cc(Br)ccc1NC(=O)COC(=O)[C@H](Cc1ccccc1)N1C(=O)[C@H]2CC=CC[C@@H]2C1=O. The molecule has 0 unspecified atom stereocenters. The molecule has 2 aromatic rings. The van der Waals surface area contributed by atoms with Gasteiger partial charge in [-0.05, 0) is 48.6 Å². The molecule has 3 amide bonds. The van der Waals surface area contributed by atoms with E-state index in [-0.39, 0.29) is 18.2 Å². The van der Waals surface area contributed by atoms with Gasteiger partial charge in [0.05, 0.1) is 11.8 Å². The van der Waals surface area contributed by atoms with Gasteiger partial charge in [0, 0.05) is 16.6 Å². The average Bonchev–Trinajstić information content (AvgIpc) is 3.12. The number of halogens is 1. The van der Waals surface area contributed by atoms with Crippen molar-refractivity contribution in [2.45, 2.75) is 38.6 Å². The van der Waals surface area contributed by atoms with Crippen LogP contribution in [0.2, 0.25) is 0 Å². The Morgan fingerprint density at radius 2 is 1.71 bits per heavy atom. The van der Waals surface area contributed by atoms with E-state index in [0.29, 0.717) is 24.9 Å². The number of hydrogen-bond donors (Lipinski definition) is 1. The molecular weight excluding hydrogens is 512 g/mol. The molecule has 0 radical (unpaired) electrons. The number of carbonyl (C=O) groups excluding carboxylic acids is 4. The first kappa shape index (κ1) is 24.9. The first-order valence-corrected chi connectivity index (χ1v) is 12.5. The standard InChI is InChI=1S/C27H27BrN2O5/c1-2-18-15-19(28)12-13-22(18)29-24(31)16-35-27(34)23(14-17-8-4-3-5-9-17)30-25(32)20-10-6-7-11-21(20)26(30)33/h3-9,12-13,15,20-21,23H,2,10-11,14,16H2,1H3,(H,29,31)/t20-,21-,23-/m0/s1. The molecule has 8 heteroatoms. The zero-order valence-electron chi connectivity index (χ0n) is 19.4. The number of imide groups is 1. The Kier molecular flexibility index (Phi) is 7.80. The van der Waals surface area contributed by atoms with E-state index in [9.17, 15) is 19.2 Å². The number of nitrogens with one attached hydrogen (secondary N) is 1. The van der Waals surface area contributed by atoms with Gasteiger partial charge < -0.3 is 10.1 Å². The van der Waals surface area contributed by atoms with Gasteiger partial charge in [0.15, 0.2) is 6.61 Å². The number of anilines is 1. The van der Waals surface area contributed by atoms with E-state index < -0.39 is 36.4 Å². The van der Waals surface area contributed by atoms with Crippen LogP contribution in [0, 0.1) is 11.8 Å². The maximum Gasteiger partial charge on any atom is 0.330 e. The number of allylic oxidation sites excluding steroid dienone is 2. The molecule has 182 valence electrons. The smallest absolute Gasteiger partial charge is 0.330 e. The van der Waals surface area contributed by atoms with Crippen molar-refractivity contribution in [3.8, 4) is 0 Å². The largest absolute Gasteiger partial charge is 0.454 e. The third-order valence-corrected chi connectivity index (χ3v) is 6.96. The fourth-order valence-corrected chi connectivity index (χ4v) is 5.05. The van der Waals surface area contributed by atoms with Crippen LogP contribution < -0.4 is 5.32 Å². The molecule has 3 atom stereocenters. The molecule has 1 aliphatic carbocycles. The summed E-state index contributed by atoms with van der Waals surface area (Å²) in [5, 5.41) is 2.77. The van der Waals surface area contributed by atoms with Crippen LogP contribution in [-0.2, 0) is 36.8 Å². The van der Waals surface area contributed by atoms with Gasteiger partial charge in [-0.25, -0.2) is 4.79 Å². The number of nitrogens with zero attached hydrogens (tertiary/aromatic N) is 1. The number of hydrogen-bond acceptors (Lipinski definition) is 5. The summed E-state index contributed by atoms with van der Waals surface area (Å²) in [5.41, 5.74) is 2.36. The first-order valence-electron chi connectivity index (χ1n) is 11.7. The number of amides is 3. The van der Waals surface area contributed by atoms with Gasteiger partial charge in [0.25, 0.3) is 5.91 Å². The van der Waals surface area contributed by atoms with E-state index in [1.165, 1.54) is 0 Å². The van der Waals surface area contributed by atoms with Crippen molar-refractivity contribution in [3.63, 3.8) is 0 Å². The highest BCUT2D eigenvalue weighted by Crippen LogP contribution is 2.36. The van der Waals surface area contributed by atoms with E-state index in [1.54, 1.807) is 6.07 Å². The van der Waals surface area contributed by atoms with Crippen LogP contribution in [0.1, 0.15) is 30.9 Å². The van der Waals surface area contributed by atoms with Crippen LogP contribution in [0.3, 0.4) is 0 Å². The summed E-state index contributed by atoms with van der Waals surface area (Å²) in [4.78, 5) is 53.1. The second-order valence-corrected chi connectivity index (χ2v) is 9.63. The van der Waals surface area contributed by atoms with E-state index in [0.717, 1.165) is 20.5 Å². The van der Waals surface area contributed by atoms with Gasteiger partial charge in [-0.15, -0.1) is 0 Å². The summed E-state index contributed by atoms with van der Waals surface area (Å²) < 4.78 is 6.25. The Morgan fingerprint density at radius 3 is 2.34 bits per heavy atom. The van der Waals surface area contributed by atoms with Crippen molar-refractivity contribution in [2.75, 3.05) is 11.9 Å². The number of carbonyl (C=O) groups is 4. The molecule has 1 saturated heterocycles. The van der Waals surface area contributed by atoms with E-state index >= 15 is 0 Å². The lowest BCUT2D eigenvalue weighted by atomic mass is 9.85. The second-order valence-electron chi connectivity index (χ2n) is 8.72. The summed E-state index contributed by atoms with van der Waals surface area (Å²) >= 11 is 3.42. The summed E-state index contributed by atoms with van der Waals surface area (Å²) in [5.74, 6) is -2.88. The zero-order valence-corrected chi connectivity index (χ0v) is 21.0. The summed E-state index contributed by atoms with van der Waals surface area (Å²) in [6.45, 7) is 1.46.